The number of hydrogen-bond acceptors (Lipinski definition) is 4. The van der Waals surface area contributed by atoms with Crippen LogP contribution in [0.15, 0.2) is 24.3 Å². The molecule has 1 aromatic carbocycles. The average Bonchev–Trinajstić information content (AvgIpc) is 2.77. The summed E-state index contributed by atoms with van der Waals surface area (Å²) in [4.78, 5) is 0. The van der Waals surface area contributed by atoms with Crippen LogP contribution < -0.4 is 0 Å². The van der Waals surface area contributed by atoms with Crippen molar-refractivity contribution < 1.29 is 5.11 Å². The first-order chi connectivity index (χ1) is 8.68. The average molecular weight is 262 g/mol. The highest BCUT2D eigenvalue weighted by molar-refractivity contribution is 7.80. The van der Waals surface area contributed by atoms with Gasteiger partial charge in [0.25, 0.3) is 0 Å². The lowest BCUT2D eigenvalue weighted by Crippen LogP contribution is -2.05. The molecule has 6 heteroatoms. The molecule has 1 aromatic heterocycles. The number of thiocarbonyl (C=S) groups is 1. The van der Waals surface area contributed by atoms with Gasteiger partial charge in [-0.3, -0.25) is 0 Å². The fourth-order valence-corrected chi connectivity index (χ4v) is 1.89. The van der Waals surface area contributed by atoms with Gasteiger partial charge >= 0.3 is 0 Å². The Morgan fingerprint density at radius 2 is 2.17 bits per heavy atom. The summed E-state index contributed by atoms with van der Waals surface area (Å²) >= 11 is 4.63. The fraction of sp³-hybridized carbons (Fsp3) is 0.333. The van der Waals surface area contributed by atoms with Crippen LogP contribution in [0.5, 0.6) is 0 Å². The molecule has 18 heavy (non-hydrogen) atoms. The normalized spacial score (nSPS) is 10.5. The van der Waals surface area contributed by atoms with Gasteiger partial charge in [-0.05, 0) is 47.6 Å². The maximum absolute atomic E-state index is 8.98. The summed E-state index contributed by atoms with van der Waals surface area (Å²) in [5.41, 5.74) is 2.09. The molecule has 0 unspecified atom stereocenters. The van der Waals surface area contributed by atoms with Crippen molar-refractivity contribution in [2.75, 3.05) is 0 Å². The molecule has 0 saturated carbocycles. The zero-order valence-corrected chi connectivity index (χ0v) is 10.9. The number of aliphatic hydroxyl groups excluding tert-OH is 1. The zero-order valence-electron chi connectivity index (χ0n) is 10.1. The molecule has 2 aromatic rings. The molecule has 0 aliphatic heterocycles. The lowest BCUT2D eigenvalue weighted by atomic mass is 10.2. The molecule has 0 aliphatic carbocycles. The SMILES string of the molecule is Cc1ccccc1-n1nnnc1CCCC(O)=S. The third kappa shape index (κ3) is 2.89. The highest BCUT2D eigenvalue weighted by Gasteiger charge is 2.09. The van der Waals surface area contributed by atoms with Crippen LogP contribution in [0.25, 0.3) is 5.69 Å². The molecule has 0 bridgehead atoms. The number of rotatable bonds is 5. The Balaban J connectivity index is 2.18. The Morgan fingerprint density at radius 3 is 2.89 bits per heavy atom. The summed E-state index contributed by atoms with van der Waals surface area (Å²) < 4.78 is 1.73. The minimum absolute atomic E-state index is 0.0323. The molecule has 1 heterocycles. The number of hydrogen-bond donors (Lipinski definition) is 1. The molecule has 0 saturated heterocycles. The summed E-state index contributed by atoms with van der Waals surface area (Å²) in [5.74, 6) is 0.778. The monoisotopic (exact) mass is 262 g/mol. The second-order valence-corrected chi connectivity index (χ2v) is 4.51. The number of aliphatic hydroxyl groups is 1. The Labute approximate surface area is 110 Å². The van der Waals surface area contributed by atoms with Crippen molar-refractivity contribution in [3.8, 4) is 5.69 Å². The third-order valence-electron chi connectivity index (χ3n) is 2.67. The van der Waals surface area contributed by atoms with E-state index < -0.39 is 0 Å². The summed E-state index contributed by atoms with van der Waals surface area (Å²) in [6.07, 6.45) is 1.92. The van der Waals surface area contributed by atoms with Crippen LogP contribution in [0, 0.1) is 6.92 Å². The molecule has 0 fully saturated rings. The molecule has 0 amide bonds. The van der Waals surface area contributed by atoms with Crippen molar-refractivity contribution in [2.24, 2.45) is 0 Å². The quantitative estimate of drug-likeness (QED) is 0.837. The standard InChI is InChI=1S/C12H14N4OS/c1-9-5-2-3-6-10(9)16-11(13-14-15-16)7-4-8-12(17)18/h2-3,5-6H,4,7-8H2,1H3,(H,17,18). The second kappa shape index (κ2) is 5.68. The van der Waals surface area contributed by atoms with E-state index in [1.807, 2.05) is 31.2 Å². The third-order valence-corrected chi connectivity index (χ3v) is 2.87. The molecule has 5 nitrogen and oxygen atoms in total. The Morgan fingerprint density at radius 1 is 1.39 bits per heavy atom. The van der Waals surface area contributed by atoms with Crippen molar-refractivity contribution >= 4 is 17.3 Å². The van der Waals surface area contributed by atoms with E-state index in [0.29, 0.717) is 12.8 Å². The molecule has 0 radical (unpaired) electrons. The van der Waals surface area contributed by atoms with Crippen molar-refractivity contribution in [1.82, 2.24) is 20.2 Å². The van der Waals surface area contributed by atoms with Gasteiger partial charge in [0, 0.05) is 12.8 Å². The molecular weight excluding hydrogens is 248 g/mol. The van der Waals surface area contributed by atoms with E-state index in [2.05, 4.69) is 27.7 Å². The van der Waals surface area contributed by atoms with Gasteiger partial charge in [0.15, 0.2) is 10.9 Å². The number of para-hydroxylation sites is 1. The highest BCUT2D eigenvalue weighted by atomic mass is 32.1. The molecular formula is C12H14N4OS. The molecule has 0 spiro atoms. The molecule has 0 atom stereocenters. The van der Waals surface area contributed by atoms with Crippen LogP contribution in [0.3, 0.4) is 0 Å². The van der Waals surface area contributed by atoms with E-state index >= 15 is 0 Å². The van der Waals surface area contributed by atoms with Gasteiger partial charge in [0.05, 0.1) is 5.69 Å². The smallest absolute Gasteiger partial charge is 0.156 e. The largest absolute Gasteiger partial charge is 0.502 e. The van der Waals surface area contributed by atoms with Crippen LogP contribution in [-0.4, -0.2) is 30.4 Å². The molecule has 1 N–H and O–H groups in total. The topological polar surface area (TPSA) is 63.8 Å². The Hall–Kier alpha value is -1.82. The Kier molecular flexibility index (Phi) is 3.99. The highest BCUT2D eigenvalue weighted by Crippen LogP contribution is 2.14. The first-order valence-electron chi connectivity index (χ1n) is 5.73. The molecule has 0 aliphatic rings. The summed E-state index contributed by atoms with van der Waals surface area (Å²) in [6, 6.07) is 7.93. The number of benzene rings is 1. The van der Waals surface area contributed by atoms with E-state index in [1.54, 1.807) is 4.68 Å². The summed E-state index contributed by atoms with van der Waals surface area (Å²) in [6.45, 7) is 2.02. The molecule has 94 valence electrons. The van der Waals surface area contributed by atoms with Gasteiger partial charge in [-0.25, -0.2) is 0 Å². The van der Waals surface area contributed by atoms with Gasteiger partial charge in [0.2, 0.25) is 0 Å². The van der Waals surface area contributed by atoms with Crippen LogP contribution in [0.2, 0.25) is 0 Å². The van der Waals surface area contributed by atoms with Crippen LogP contribution in [0.1, 0.15) is 24.2 Å². The molecule has 2 rings (SSSR count). The van der Waals surface area contributed by atoms with Gasteiger partial charge in [0.1, 0.15) is 0 Å². The zero-order chi connectivity index (χ0) is 13.0. The maximum Gasteiger partial charge on any atom is 0.156 e. The van der Waals surface area contributed by atoms with Gasteiger partial charge < -0.3 is 5.11 Å². The lowest BCUT2D eigenvalue weighted by Gasteiger charge is -2.06. The van der Waals surface area contributed by atoms with E-state index in [-0.39, 0.29) is 5.05 Å². The van der Waals surface area contributed by atoms with E-state index in [1.165, 1.54) is 0 Å². The minimum atomic E-state index is 0.0323. The van der Waals surface area contributed by atoms with Crippen LogP contribution >= 0.6 is 12.2 Å². The van der Waals surface area contributed by atoms with Gasteiger partial charge in [-0.2, -0.15) is 4.68 Å². The predicted molar refractivity (Wildman–Crippen MR) is 72.1 cm³/mol. The van der Waals surface area contributed by atoms with E-state index in [0.717, 1.165) is 23.5 Å². The summed E-state index contributed by atoms with van der Waals surface area (Å²) in [5, 5.41) is 20.7. The van der Waals surface area contributed by atoms with E-state index in [9.17, 15) is 0 Å². The summed E-state index contributed by atoms with van der Waals surface area (Å²) in [7, 11) is 0. The van der Waals surface area contributed by atoms with Crippen molar-refractivity contribution in [1.29, 1.82) is 0 Å². The van der Waals surface area contributed by atoms with Crippen molar-refractivity contribution in [3.05, 3.63) is 35.7 Å². The maximum atomic E-state index is 8.98. The van der Waals surface area contributed by atoms with Gasteiger partial charge in [-0.1, -0.05) is 18.2 Å². The number of aryl methyl sites for hydroxylation is 2. The first kappa shape index (κ1) is 12.6. The number of aromatic nitrogens is 4. The minimum Gasteiger partial charge on any atom is -0.502 e. The van der Waals surface area contributed by atoms with Crippen LogP contribution in [0.4, 0.5) is 0 Å². The van der Waals surface area contributed by atoms with Crippen LogP contribution in [-0.2, 0) is 6.42 Å². The number of nitrogens with zero attached hydrogens (tertiary/aromatic N) is 4. The number of tetrazole rings is 1. The van der Waals surface area contributed by atoms with E-state index in [4.69, 9.17) is 5.11 Å². The van der Waals surface area contributed by atoms with Crippen molar-refractivity contribution in [2.45, 2.75) is 26.2 Å². The van der Waals surface area contributed by atoms with Gasteiger partial charge in [-0.15, -0.1) is 5.10 Å². The first-order valence-corrected chi connectivity index (χ1v) is 6.14. The lowest BCUT2D eigenvalue weighted by molar-refractivity contribution is 0.541. The fourth-order valence-electron chi connectivity index (χ4n) is 1.75. The Bertz CT molecular complexity index is 553. The predicted octanol–water partition coefficient (Wildman–Crippen LogP) is 2.18. The second-order valence-electron chi connectivity index (χ2n) is 4.04. The van der Waals surface area contributed by atoms with Crippen molar-refractivity contribution in [3.63, 3.8) is 0 Å².